The molecule has 0 aromatic heterocycles. The average molecular weight is 303 g/mol. The second-order valence-electron chi connectivity index (χ2n) is 4.21. The molecule has 0 spiro atoms. The van der Waals surface area contributed by atoms with E-state index in [0.29, 0.717) is 17.6 Å². The van der Waals surface area contributed by atoms with Crippen LogP contribution in [0.15, 0.2) is 22.7 Å². The highest BCUT2D eigenvalue weighted by atomic mass is 79.9. The highest BCUT2D eigenvalue weighted by molar-refractivity contribution is 9.10. The minimum Gasteiger partial charge on any atom is -0.374 e. The number of halogens is 2. The molecule has 5 heteroatoms. The zero-order valence-corrected chi connectivity index (χ0v) is 11.1. The molecular formula is C12H16BrFN2O. The second-order valence-corrected chi connectivity index (χ2v) is 5.07. The molecule has 3 nitrogen and oxygen atoms in total. The molecule has 2 N–H and O–H groups in total. The fourth-order valence-electron chi connectivity index (χ4n) is 1.96. The lowest BCUT2D eigenvalue weighted by atomic mass is 10.2. The molecule has 1 aliphatic heterocycles. The summed E-state index contributed by atoms with van der Waals surface area (Å²) in [5.74, 6) is -0.217. The van der Waals surface area contributed by atoms with Crippen LogP contribution in [0, 0.1) is 5.82 Å². The standard InChI is InChI=1S/C12H16BrFN2O/c13-11-2-1-9(5-12(11)14)7-16-3-4-17-10(6-15)8-16/h1-2,5,10H,3-4,6-8,15H2. The molecule has 0 amide bonds. The number of rotatable bonds is 3. The third kappa shape index (κ3) is 3.48. The number of nitrogens with two attached hydrogens (primary N) is 1. The van der Waals surface area contributed by atoms with Gasteiger partial charge in [-0.05, 0) is 33.6 Å². The number of hydrogen-bond acceptors (Lipinski definition) is 3. The van der Waals surface area contributed by atoms with Crippen molar-refractivity contribution in [2.24, 2.45) is 5.73 Å². The van der Waals surface area contributed by atoms with Gasteiger partial charge in [0.25, 0.3) is 0 Å². The van der Waals surface area contributed by atoms with E-state index in [0.717, 1.165) is 25.2 Å². The van der Waals surface area contributed by atoms with Gasteiger partial charge in [-0.25, -0.2) is 4.39 Å². The lowest BCUT2D eigenvalue weighted by molar-refractivity contribution is -0.0260. The van der Waals surface area contributed by atoms with E-state index >= 15 is 0 Å². The van der Waals surface area contributed by atoms with E-state index in [9.17, 15) is 4.39 Å². The van der Waals surface area contributed by atoms with Crippen LogP contribution in [-0.2, 0) is 11.3 Å². The van der Waals surface area contributed by atoms with Crippen LogP contribution in [0.4, 0.5) is 4.39 Å². The Bertz CT molecular complexity index is 389. The molecule has 94 valence electrons. The van der Waals surface area contributed by atoms with Crippen molar-refractivity contribution in [3.05, 3.63) is 34.1 Å². The molecule has 0 saturated carbocycles. The van der Waals surface area contributed by atoms with Crippen LogP contribution >= 0.6 is 15.9 Å². The number of hydrogen-bond donors (Lipinski definition) is 1. The minimum atomic E-state index is -0.217. The summed E-state index contributed by atoms with van der Waals surface area (Å²) in [7, 11) is 0. The van der Waals surface area contributed by atoms with Crippen LogP contribution in [0.25, 0.3) is 0 Å². The average Bonchev–Trinajstić information content (AvgIpc) is 2.34. The van der Waals surface area contributed by atoms with E-state index < -0.39 is 0 Å². The van der Waals surface area contributed by atoms with Crippen LogP contribution in [0.3, 0.4) is 0 Å². The summed E-state index contributed by atoms with van der Waals surface area (Å²) in [6, 6.07) is 5.24. The minimum absolute atomic E-state index is 0.101. The van der Waals surface area contributed by atoms with Gasteiger partial charge >= 0.3 is 0 Å². The Hall–Kier alpha value is -0.490. The first-order valence-electron chi connectivity index (χ1n) is 5.67. The SMILES string of the molecule is NCC1CN(Cc2ccc(Br)c(F)c2)CCO1. The van der Waals surface area contributed by atoms with E-state index in [1.807, 2.05) is 6.07 Å². The lowest BCUT2D eigenvalue weighted by Gasteiger charge is -2.32. The summed E-state index contributed by atoms with van der Waals surface area (Å²) >= 11 is 3.15. The first-order chi connectivity index (χ1) is 8.19. The molecule has 1 heterocycles. The van der Waals surface area contributed by atoms with Crippen molar-refractivity contribution in [3.63, 3.8) is 0 Å². The molecule has 2 rings (SSSR count). The summed E-state index contributed by atoms with van der Waals surface area (Å²) in [5.41, 5.74) is 6.56. The van der Waals surface area contributed by atoms with Gasteiger partial charge in [-0.1, -0.05) is 6.07 Å². The summed E-state index contributed by atoms with van der Waals surface area (Å²) in [6.45, 7) is 3.65. The van der Waals surface area contributed by atoms with Crippen LogP contribution in [-0.4, -0.2) is 37.2 Å². The van der Waals surface area contributed by atoms with Gasteiger partial charge in [0.05, 0.1) is 17.2 Å². The second kappa shape index (κ2) is 5.91. The first kappa shape index (κ1) is 13.0. The predicted molar refractivity (Wildman–Crippen MR) is 68.2 cm³/mol. The summed E-state index contributed by atoms with van der Waals surface area (Å²) in [5, 5.41) is 0. The van der Waals surface area contributed by atoms with Crippen LogP contribution in [0.5, 0.6) is 0 Å². The largest absolute Gasteiger partial charge is 0.374 e. The monoisotopic (exact) mass is 302 g/mol. The summed E-state index contributed by atoms with van der Waals surface area (Å²) in [4.78, 5) is 2.24. The van der Waals surface area contributed by atoms with Gasteiger partial charge in [0.1, 0.15) is 5.82 Å². The molecule has 0 aliphatic carbocycles. The molecule has 1 aromatic rings. The van der Waals surface area contributed by atoms with E-state index in [-0.39, 0.29) is 11.9 Å². The van der Waals surface area contributed by atoms with Crippen molar-refractivity contribution in [1.82, 2.24) is 4.90 Å². The van der Waals surface area contributed by atoms with Gasteiger partial charge in [0.2, 0.25) is 0 Å². The zero-order chi connectivity index (χ0) is 12.3. The number of nitrogens with zero attached hydrogens (tertiary/aromatic N) is 1. The smallest absolute Gasteiger partial charge is 0.137 e. The van der Waals surface area contributed by atoms with E-state index in [1.54, 1.807) is 12.1 Å². The Morgan fingerprint density at radius 1 is 1.53 bits per heavy atom. The summed E-state index contributed by atoms with van der Waals surface area (Å²) in [6.07, 6.45) is 0.101. The van der Waals surface area contributed by atoms with Crippen LogP contribution < -0.4 is 5.73 Å². The van der Waals surface area contributed by atoms with Crippen molar-refractivity contribution in [2.45, 2.75) is 12.6 Å². The van der Waals surface area contributed by atoms with Gasteiger partial charge in [-0.3, -0.25) is 4.90 Å². The predicted octanol–water partition coefficient (Wildman–Crippen LogP) is 1.75. The highest BCUT2D eigenvalue weighted by Gasteiger charge is 2.19. The molecule has 1 atom stereocenters. The third-order valence-corrected chi connectivity index (χ3v) is 3.52. The first-order valence-corrected chi connectivity index (χ1v) is 6.46. The van der Waals surface area contributed by atoms with Gasteiger partial charge in [-0.15, -0.1) is 0 Å². The molecule has 0 bridgehead atoms. The quantitative estimate of drug-likeness (QED) is 0.924. The summed E-state index contributed by atoms with van der Waals surface area (Å²) < 4.78 is 19.4. The molecule has 1 unspecified atom stereocenters. The zero-order valence-electron chi connectivity index (χ0n) is 9.53. The maximum absolute atomic E-state index is 13.4. The van der Waals surface area contributed by atoms with Crippen molar-refractivity contribution >= 4 is 15.9 Å². The van der Waals surface area contributed by atoms with Gasteiger partial charge in [-0.2, -0.15) is 0 Å². The normalized spacial score (nSPS) is 21.7. The number of ether oxygens (including phenoxy) is 1. The van der Waals surface area contributed by atoms with Crippen LogP contribution in [0.1, 0.15) is 5.56 Å². The van der Waals surface area contributed by atoms with Crippen molar-refractivity contribution < 1.29 is 9.13 Å². The Morgan fingerprint density at radius 3 is 3.06 bits per heavy atom. The molecular weight excluding hydrogens is 287 g/mol. The lowest BCUT2D eigenvalue weighted by Crippen LogP contribution is -2.45. The Morgan fingerprint density at radius 2 is 2.35 bits per heavy atom. The maximum atomic E-state index is 13.4. The molecule has 1 aliphatic rings. The van der Waals surface area contributed by atoms with E-state index in [1.165, 1.54) is 0 Å². The third-order valence-electron chi connectivity index (χ3n) is 2.88. The van der Waals surface area contributed by atoms with E-state index in [2.05, 4.69) is 20.8 Å². The Kier molecular flexibility index (Phi) is 4.50. The maximum Gasteiger partial charge on any atom is 0.137 e. The van der Waals surface area contributed by atoms with Crippen LogP contribution in [0.2, 0.25) is 0 Å². The van der Waals surface area contributed by atoms with Gasteiger partial charge < -0.3 is 10.5 Å². The van der Waals surface area contributed by atoms with Crippen molar-refractivity contribution in [3.8, 4) is 0 Å². The Balaban J connectivity index is 1.97. The topological polar surface area (TPSA) is 38.5 Å². The van der Waals surface area contributed by atoms with Crippen molar-refractivity contribution in [2.75, 3.05) is 26.2 Å². The highest BCUT2D eigenvalue weighted by Crippen LogP contribution is 2.18. The number of morpholine rings is 1. The number of benzene rings is 1. The Labute approximate surface area is 109 Å². The van der Waals surface area contributed by atoms with Crippen molar-refractivity contribution in [1.29, 1.82) is 0 Å². The fraction of sp³-hybridized carbons (Fsp3) is 0.500. The van der Waals surface area contributed by atoms with Gasteiger partial charge in [0.15, 0.2) is 0 Å². The molecule has 0 radical (unpaired) electrons. The fourth-order valence-corrected chi connectivity index (χ4v) is 2.21. The molecule has 1 saturated heterocycles. The molecule has 1 aromatic carbocycles. The molecule has 1 fully saturated rings. The van der Waals surface area contributed by atoms with Gasteiger partial charge in [0, 0.05) is 26.2 Å². The van der Waals surface area contributed by atoms with E-state index in [4.69, 9.17) is 10.5 Å². The molecule has 17 heavy (non-hydrogen) atoms.